The molecule has 0 fully saturated rings. The lowest BCUT2D eigenvalue weighted by molar-refractivity contribution is -0.387. The maximum Gasteiger partial charge on any atom is 0.288 e. The third-order valence-corrected chi connectivity index (χ3v) is 5.01. The summed E-state index contributed by atoms with van der Waals surface area (Å²) in [4.78, 5) is 11.5. The summed E-state index contributed by atoms with van der Waals surface area (Å²) >= 11 is 3.27. The van der Waals surface area contributed by atoms with Crippen LogP contribution in [0.25, 0.3) is 0 Å². The van der Waals surface area contributed by atoms with Crippen LogP contribution < -0.4 is 4.90 Å². The van der Waals surface area contributed by atoms with E-state index in [1.54, 1.807) is 24.1 Å². The number of hydrogen-bond donors (Lipinski definition) is 0. The first-order chi connectivity index (χ1) is 11.1. The molecule has 0 amide bonds. The van der Waals surface area contributed by atoms with Crippen LogP contribution in [0.1, 0.15) is 5.56 Å². The number of anilines is 1. The first-order valence-corrected chi connectivity index (χ1v) is 9.41. The number of nitro groups is 1. The van der Waals surface area contributed by atoms with E-state index in [-0.39, 0.29) is 11.4 Å². The lowest BCUT2D eigenvalue weighted by atomic mass is 10.2. The molecule has 2 aromatic rings. The molecule has 6 nitrogen and oxygen atoms in total. The van der Waals surface area contributed by atoms with Gasteiger partial charge >= 0.3 is 0 Å². The lowest BCUT2D eigenvalue weighted by Crippen LogP contribution is -2.18. The van der Waals surface area contributed by atoms with E-state index in [1.807, 2.05) is 0 Å². The van der Waals surface area contributed by atoms with Gasteiger partial charge in [0.2, 0.25) is 0 Å². The molecule has 0 aliphatic carbocycles. The van der Waals surface area contributed by atoms with E-state index in [9.17, 15) is 22.9 Å². The summed E-state index contributed by atoms with van der Waals surface area (Å²) in [7, 11) is -2.13. The van der Waals surface area contributed by atoms with Crippen molar-refractivity contribution in [1.29, 1.82) is 0 Å². The van der Waals surface area contributed by atoms with Gasteiger partial charge in [-0.1, -0.05) is 15.9 Å². The van der Waals surface area contributed by atoms with Gasteiger partial charge in [-0.2, -0.15) is 0 Å². The summed E-state index contributed by atoms with van der Waals surface area (Å²) in [5, 5.41) is 11.0. The van der Waals surface area contributed by atoms with E-state index in [4.69, 9.17) is 0 Å². The maximum atomic E-state index is 13.9. The molecule has 0 aliphatic rings. The van der Waals surface area contributed by atoms with Crippen LogP contribution >= 0.6 is 15.9 Å². The number of benzene rings is 2. The Morgan fingerprint density at radius 3 is 2.50 bits per heavy atom. The van der Waals surface area contributed by atoms with Gasteiger partial charge in [0.25, 0.3) is 5.69 Å². The van der Waals surface area contributed by atoms with Crippen LogP contribution in [-0.2, 0) is 16.4 Å². The molecule has 9 heteroatoms. The van der Waals surface area contributed by atoms with Gasteiger partial charge in [0.1, 0.15) is 10.7 Å². The molecule has 0 atom stereocenters. The number of sulfone groups is 1. The Balaban J connectivity index is 2.41. The van der Waals surface area contributed by atoms with Crippen molar-refractivity contribution in [1.82, 2.24) is 0 Å². The second-order valence-electron chi connectivity index (χ2n) is 5.27. The van der Waals surface area contributed by atoms with Gasteiger partial charge in [0.15, 0.2) is 9.84 Å². The average Bonchev–Trinajstić information content (AvgIpc) is 2.49. The van der Waals surface area contributed by atoms with Gasteiger partial charge < -0.3 is 4.90 Å². The van der Waals surface area contributed by atoms with Gasteiger partial charge in [-0.05, 0) is 30.3 Å². The van der Waals surface area contributed by atoms with E-state index in [0.717, 1.165) is 12.3 Å². The van der Waals surface area contributed by atoms with E-state index < -0.39 is 26.3 Å². The molecule has 0 saturated heterocycles. The third-order valence-electron chi connectivity index (χ3n) is 3.40. The third kappa shape index (κ3) is 4.09. The van der Waals surface area contributed by atoms with Gasteiger partial charge in [0, 0.05) is 41.6 Å². The first kappa shape index (κ1) is 18.3. The van der Waals surface area contributed by atoms with Crippen LogP contribution in [-0.4, -0.2) is 26.6 Å². The van der Waals surface area contributed by atoms with E-state index in [2.05, 4.69) is 15.9 Å². The lowest BCUT2D eigenvalue weighted by Gasteiger charge is -2.20. The minimum atomic E-state index is -3.77. The Morgan fingerprint density at radius 1 is 1.25 bits per heavy atom. The largest absolute Gasteiger partial charge is 0.370 e. The fraction of sp³-hybridized carbons (Fsp3) is 0.200. The topological polar surface area (TPSA) is 80.5 Å². The van der Waals surface area contributed by atoms with Crippen LogP contribution in [0.3, 0.4) is 0 Å². The minimum absolute atomic E-state index is 0.173. The highest BCUT2D eigenvalue weighted by Crippen LogP contribution is 2.29. The molecule has 0 bridgehead atoms. The number of rotatable bonds is 5. The van der Waals surface area contributed by atoms with Crippen molar-refractivity contribution in [2.45, 2.75) is 11.4 Å². The minimum Gasteiger partial charge on any atom is -0.370 e. The summed E-state index contributed by atoms with van der Waals surface area (Å²) in [6.45, 7) is 0.173. The molecule has 0 unspecified atom stereocenters. The summed E-state index contributed by atoms with van der Waals surface area (Å²) in [6, 6.07) is 8.32. The molecule has 0 spiro atoms. The molecular formula is C15H14BrFN2O4S. The Kier molecular flexibility index (Phi) is 5.24. The highest BCUT2D eigenvalue weighted by Gasteiger charge is 2.23. The Labute approximate surface area is 147 Å². The molecule has 0 saturated carbocycles. The van der Waals surface area contributed by atoms with Crippen LogP contribution in [0.5, 0.6) is 0 Å². The quantitative estimate of drug-likeness (QED) is 0.549. The normalized spacial score (nSPS) is 11.3. The van der Waals surface area contributed by atoms with Crippen molar-refractivity contribution in [2.75, 3.05) is 18.2 Å². The predicted molar refractivity (Wildman–Crippen MR) is 92.4 cm³/mol. The van der Waals surface area contributed by atoms with Crippen LogP contribution in [0, 0.1) is 15.9 Å². The summed E-state index contributed by atoms with van der Waals surface area (Å²) < 4.78 is 38.2. The van der Waals surface area contributed by atoms with Gasteiger partial charge in [-0.15, -0.1) is 0 Å². The smallest absolute Gasteiger partial charge is 0.288 e. The van der Waals surface area contributed by atoms with E-state index in [0.29, 0.717) is 15.7 Å². The number of nitrogens with zero attached hydrogens (tertiary/aromatic N) is 2. The zero-order chi connectivity index (χ0) is 18.1. The first-order valence-electron chi connectivity index (χ1n) is 6.73. The molecule has 2 aromatic carbocycles. The van der Waals surface area contributed by atoms with Gasteiger partial charge in [-0.25, -0.2) is 12.8 Å². The number of nitro benzene ring substituents is 1. The second-order valence-corrected chi connectivity index (χ2v) is 8.17. The number of halogens is 2. The van der Waals surface area contributed by atoms with Crippen LogP contribution in [0.2, 0.25) is 0 Å². The molecule has 0 aliphatic heterocycles. The molecule has 24 heavy (non-hydrogen) atoms. The summed E-state index contributed by atoms with van der Waals surface area (Å²) in [5.74, 6) is -0.393. The predicted octanol–water partition coefficient (Wildman–Crippen LogP) is 3.54. The van der Waals surface area contributed by atoms with Crippen molar-refractivity contribution in [2.24, 2.45) is 0 Å². The highest BCUT2D eigenvalue weighted by atomic mass is 79.9. The summed E-state index contributed by atoms with van der Waals surface area (Å²) in [5.41, 5.74) is 0.356. The molecule has 0 heterocycles. The van der Waals surface area contributed by atoms with Gasteiger partial charge in [0.05, 0.1) is 4.92 Å². The molecule has 128 valence electrons. The van der Waals surface area contributed by atoms with Crippen molar-refractivity contribution in [3.8, 4) is 0 Å². The Hall–Kier alpha value is -2.00. The highest BCUT2D eigenvalue weighted by molar-refractivity contribution is 9.10. The van der Waals surface area contributed by atoms with Crippen LogP contribution in [0.15, 0.2) is 45.8 Å². The SMILES string of the molecule is CN(Cc1cc(Br)ccc1F)c1ccc([N+](=O)[O-])c(S(C)(=O)=O)c1. The zero-order valence-electron chi connectivity index (χ0n) is 12.9. The zero-order valence-corrected chi connectivity index (χ0v) is 15.3. The maximum absolute atomic E-state index is 13.9. The molecule has 2 rings (SSSR count). The fourth-order valence-corrected chi connectivity index (χ4v) is 3.47. The standard InChI is InChI=1S/C15H14BrFN2O4S/c1-18(9-10-7-11(16)3-5-13(10)17)12-4-6-14(19(20)21)15(8-12)24(2,22)23/h3-8H,9H2,1-2H3. The second kappa shape index (κ2) is 6.86. The monoisotopic (exact) mass is 416 g/mol. The summed E-state index contributed by atoms with van der Waals surface area (Å²) in [6.07, 6.45) is 0.910. The molecule has 0 N–H and O–H groups in total. The van der Waals surface area contributed by atoms with Crippen molar-refractivity contribution < 1.29 is 17.7 Å². The van der Waals surface area contributed by atoms with E-state index in [1.165, 1.54) is 18.2 Å². The van der Waals surface area contributed by atoms with Crippen molar-refractivity contribution >= 4 is 37.1 Å². The number of hydrogen-bond acceptors (Lipinski definition) is 5. The molecule has 0 aromatic heterocycles. The Bertz CT molecular complexity index is 902. The van der Waals surface area contributed by atoms with Gasteiger partial charge in [-0.3, -0.25) is 10.1 Å². The van der Waals surface area contributed by atoms with E-state index >= 15 is 0 Å². The Morgan fingerprint density at radius 2 is 1.92 bits per heavy atom. The average molecular weight is 417 g/mol. The molecular weight excluding hydrogens is 403 g/mol. The van der Waals surface area contributed by atoms with Crippen molar-refractivity contribution in [3.63, 3.8) is 0 Å². The fourth-order valence-electron chi connectivity index (χ4n) is 2.20. The van der Waals surface area contributed by atoms with Crippen molar-refractivity contribution in [3.05, 3.63) is 62.4 Å². The van der Waals surface area contributed by atoms with Crippen LogP contribution in [0.4, 0.5) is 15.8 Å². The molecule has 0 radical (unpaired) electrons.